The third-order valence-electron chi connectivity index (χ3n) is 6.56. The van der Waals surface area contributed by atoms with E-state index in [1.165, 1.54) is 22.2 Å². The Balaban J connectivity index is 1.28. The van der Waals surface area contributed by atoms with Crippen LogP contribution in [0.1, 0.15) is 35.5 Å². The fraction of sp³-hybridized carbons (Fsp3) is 0.417. The number of carbonyl (C=O) groups excluding carboxylic acids is 1. The molecule has 1 amide bonds. The zero-order valence-corrected chi connectivity index (χ0v) is 20.9. The van der Waals surface area contributed by atoms with Gasteiger partial charge < -0.3 is 10.1 Å². The summed E-state index contributed by atoms with van der Waals surface area (Å²) in [7, 11) is 0. The lowest BCUT2D eigenvalue weighted by molar-refractivity contribution is -0.126. The van der Waals surface area contributed by atoms with E-state index in [1.807, 2.05) is 37.3 Å². The number of carbonyl (C=O) groups is 1. The van der Waals surface area contributed by atoms with E-state index in [2.05, 4.69) is 20.8 Å². The quantitative estimate of drug-likeness (QED) is 0.409. The Kier molecular flexibility index (Phi) is 6.21. The molecule has 6 rings (SSSR count). The van der Waals surface area contributed by atoms with Gasteiger partial charge in [-0.15, -0.1) is 16.4 Å². The number of fused-ring (bicyclic) bond motifs is 3. The SMILES string of the molecule is Cc1nc(Sc2nnnn2-c2ccccc2)c2c3c(sc2n1)CC(C(=O)NC1CCOCC1)CC3. The fourth-order valence-electron chi connectivity index (χ4n) is 4.76. The number of nitrogens with one attached hydrogen (secondary N) is 1. The Hall–Kier alpha value is -2.89. The monoisotopic (exact) mass is 507 g/mol. The molecule has 9 nitrogen and oxygen atoms in total. The number of tetrazole rings is 1. The van der Waals surface area contributed by atoms with Crippen molar-refractivity contribution in [3.63, 3.8) is 0 Å². The molecule has 2 aliphatic rings. The predicted molar refractivity (Wildman–Crippen MR) is 133 cm³/mol. The van der Waals surface area contributed by atoms with Crippen molar-refractivity contribution in [1.29, 1.82) is 0 Å². The summed E-state index contributed by atoms with van der Waals surface area (Å²) in [6.07, 6.45) is 4.20. The van der Waals surface area contributed by atoms with Gasteiger partial charge in [-0.1, -0.05) is 18.2 Å². The third kappa shape index (κ3) is 4.55. The maximum Gasteiger partial charge on any atom is 0.223 e. The van der Waals surface area contributed by atoms with Crippen LogP contribution < -0.4 is 5.32 Å². The average Bonchev–Trinajstić information content (AvgIpc) is 3.48. The molecule has 3 aromatic heterocycles. The van der Waals surface area contributed by atoms with Gasteiger partial charge in [0.2, 0.25) is 11.1 Å². The number of aryl methyl sites for hydroxylation is 2. The van der Waals surface area contributed by atoms with Crippen LogP contribution >= 0.6 is 23.1 Å². The topological polar surface area (TPSA) is 108 Å². The summed E-state index contributed by atoms with van der Waals surface area (Å²) in [6, 6.07) is 10.1. The van der Waals surface area contributed by atoms with E-state index in [0.29, 0.717) is 11.0 Å². The molecular weight excluding hydrogens is 482 g/mol. The molecule has 1 aromatic carbocycles. The van der Waals surface area contributed by atoms with E-state index >= 15 is 0 Å². The molecule has 1 atom stereocenters. The number of amides is 1. The van der Waals surface area contributed by atoms with Crippen LogP contribution in [0.5, 0.6) is 0 Å². The van der Waals surface area contributed by atoms with E-state index in [-0.39, 0.29) is 17.9 Å². The zero-order chi connectivity index (χ0) is 23.8. The standard InChI is InChI=1S/C24H25N7O2S2/c1-14-25-22-20(23(26-14)35-24-28-29-30-31(24)17-5-3-2-4-6-17)18-8-7-15(13-19(18)34-22)21(32)27-16-9-11-33-12-10-16/h2-6,15-16H,7-13H2,1H3,(H,27,32). The zero-order valence-electron chi connectivity index (χ0n) is 19.3. The first-order valence-corrected chi connectivity index (χ1v) is 13.5. The summed E-state index contributed by atoms with van der Waals surface area (Å²) in [5.74, 6) is 0.874. The van der Waals surface area contributed by atoms with Crippen molar-refractivity contribution < 1.29 is 9.53 Å². The second kappa shape index (κ2) is 9.63. The molecule has 1 N–H and O–H groups in total. The molecule has 1 aliphatic carbocycles. The van der Waals surface area contributed by atoms with Crippen molar-refractivity contribution in [2.45, 2.75) is 55.3 Å². The number of rotatable bonds is 5. The molecule has 35 heavy (non-hydrogen) atoms. The van der Waals surface area contributed by atoms with Crippen LogP contribution in [0.3, 0.4) is 0 Å². The Morgan fingerprint density at radius 3 is 2.83 bits per heavy atom. The molecule has 0 saturated carbocycles. The van der Waals surface area contributed by atoms with Gasteiger partial charge in [0.1, 0.15) is 15.7 Å². The highest BCUT2D eigenvalue weighted by Crippen LogP contribution is 2.42. The molecule has 1 aliphatic heterocycles. The molecule has 1 saturated heterocycles. The van der Waals surface area contributed by atoms with Crippen molar-refractivity contribution in [3.8, 4) is 5.69 Å². The number of ether oxygens (including phenoxy) is 1. The average molecular weight is 508 g/mol. The van der Waals surface area contributed by atoms with Gasteiger partial charge in [-0.25, -0.2) is 9.97 Å². The molecule has 4 heterocycles. The van der Waals surface area contributed by atoms with Gasteiger partial charge in [-0.2, -0.15) is 4.68 Å². The van der Waals surface area contributed by atoms with Crippen molar-refractivity contribution in [2.75, 3.05) is 13.2 Å². The summed E-state index contributed by atoms with van der Waals surface area (Å²) < 4.78 is 7.14. The number of benzene rings is 1. The molecule has 1 fully saturated rings. The molecule has 0 spiro atoms. The molecule has 4 aromatic rings. The van der Waals surface area contributed by atoms with Crippen molar-refractivity contribution in [2.24, 2.45) is 5.92 Å². The number of thiophene rings is 1. The number of para-hydroxylation sites is 1. The Morgan fingerprint density at radius 2 is 2.00 bits per heavy atom. The highest BCUT2D eigenvalue weighted by atomic mass is 32.2. The summed E-state index contributed by atoms with van der Waals surface area (Å²) >= 11 is 3.14. The van der Waals surface area contributed by atoms with Crippen LogP contribution in [0, 0.1) is 12.8 Å². The van der Waals surface area contributed by atoms with Crippen LogP contribution in [0.2, 0.25) is 0 Å². The predicted octanol–water partition coefficient (Wildman–Crippen LogP) is 3.53. The maximum atomic E-state index is 13.0. The minimum Gasteiger partial charge on any atom is -0.381 e. The summed E-state index contributed by atoms with van der Waals surface area (Å²) in [4.78, 5) is 24.7. The molecule has 1 unspecified atom stereocenters. The Morgan fingerprint density at radius 1 is 1.17 bits per heavy atom. The van der Waals surface area contributed by atoms with Crippen LogP contribution in [0.4, 0.5) is 0 Å². The molecule has 180 valence electrons. The number of nitrogens with zero attached hydrogens (tertiary/aromatic N) is 6. The molecule has 0 bridgehead atoms. The second-order valence-corrected chi connectivity index (χ2v) is 10.9. The highest BCUT2D eigenvalue weighted by Gasteiger charge is 2.31. The summed E-state index contributed by atoms with van der Waals surface area (Å²) in [5, 5.41) is 18.2. The summed E-state index contributed by atoms with van der Waals surface area (Å²) in [6.45, 7) is 3.36. The van der Waals surface area contributed by atoms with E-state index in [0.717, 1.165) is 66.2 Å². The molecular formula is C24H25N7O2S2. The Labute approximate surface area is 210 Å². The van der Waals surface area contributed by atoms with Gasteiger partial charge in [0.25, 0.3) is 0 Å². The van der Waals surface area contributed by atoms with Crippen LogP contribution in [0.15, 0.2) is 40.5 Å². The van der Waals surface area contributed by atoms with Gasteiger partial charge in [0, 0.05) is 35.4 Å². The first-order valence-electron chi connectivity index (χ1n) is 11.8. The van der Waals surface area contributed by atoms with Crippen LogP contribution in [-0.4, -0.2) is 55.3 Å². The lowest BCUT2D eigenvalue weighted by atomic mass is 9.87. The number of aromatic nitrogens is 6. The molecule has 0 radical (unpaired) electrons. The van der Waals surface area contributed by atoms with Gasteiger partial charge in [-0.3, -0.25) is 4.79 Å². The van der Waals surface area contributed by atoms with E-state index in [1.54, 1.807) is 16.0 Å². The molecule has 11 heteroatoms. The summed E-state index contributed by atoms with van der Waals surface area (Å²) in [5.41, 5.74) is 2.16. The van der Waals surface area contributed by atoms with Gasteiger partial charge in [0.05, 0.1) is 5.69 Å². The first-order chi connectivity index (χ1) is 17.2. The van der Waals surface area contributed by atoms with Crippen molar-refractivity contribution in [1.82, 2.24) is 35.5 Å². The van der Waals surface area contributed by atoms with Crippen molar-refractivity contribution >= 4 is 39.2 Å². The van der Waals surface area contributed by atoms with Gasteiger partial charge in [-0.05, 0) is 78.9 Å². The lowest BCUT2D eigenvalue weighted by Gasteiger charge is -2.27. The fourth-order valence-corrected chi connectivity index (χ4v) is 7.15. The second-order valence-electron chi connectivity index (χ2n) is 8.91. The van der Waals surface area contributed by atoms with Crippen LogP contribution in [0.25, 0.3) is 15.9 Å². The minimum absolute atomic E-state index is 0.00561. The van der Waals surface area contributed by atoms with E-state index in [9.17, 15) is 4.79 Å². The smallest absolute Gasteiger partial charge is 0.223 e. The number of hydrogen-bond acceptors (Lipinski definition) is 9. The van der Waals surface area contributed by atoms with E-state index in [4.69, 9.17) is 14.7 Å². The lowest BCUT2D eigenvalue weighted by Crippen LogP contribution is -2.43. The Bertz CT molecular complexity index is 1370. The van der Waals surface area contributed by atoms with E-state index < -0.39 is 0 Å². The largest absolute Gasteiger partial charge is 0.381 e. The van der Waals surface area contributed by atoms with Crippen molar-refractivity contribution in [3.05, 3.63) is 46.6 Å². The van der Waals surface area contributed by atoms with Gasteiger partial charge in [0.15, 0.2) is 0 Å². The normalized spacial score (nSPS) is 18.5. The highest BCUT2D eigenvalue weighted by molar-refractivity contribution is 7.99. The third-order valence-corrected chi connectivity index (χ3v) is 8.63. The minimum atomic E-state index is -0.00561. The first kappa shape index (κ1) is 22.6. The maximum absolute atomic E-state index is 13.0. The van der Waals surface area contributed by atoms with Gasteiger partial charge >= 0.3 is 0 Å². The number of hydrogen-bond donors (Lipinski definition) is 1. The van der Waals surface area contributed by atoms with Crippen LogP contribution in [-0.2, 0) is 22.4 Å².